The van der Waals surface area contributed by atoms with Crippen molar-refractivity contribution in [2.24, 2.45) is 4.99 Å². The van der Waals surface area contributed by atoms with E-state index < -0.39 is 0 Å². The van der Waals surface area contributed by atoms with E-state index in [9.17, 15) is 5.26 Å². The number of nitriles is 1. The number of halogens is 1. The number of rotatable bonds is 5. The number of hydrogen-bond donors (Lipinski definition) is 0. The predicted molar refractivity (Wildman–Crippen MR) is 102 cm³/mol. The van der Waals surface area contributed by atoms with Gasteiger partial charge in [-0.05, 0) is 24.6 Å². The summed E-state index contributed by atoms with van der Waals surface area (Å²) in [5.74, 6) is 0.853. The third-order valence-corrected chi connectivity index (χ3v) is 4.11. The summed E-state index contributed by atoms with van der Waals surface area (Å²) in [5.41, 5.74) is 2.89. The first-order valence-corrected chi connectivity index (χ1v) is 8.56. The maximum absolute atomic E-state index is 9.69. The van der Waals surface area contributed by atoms with Gasteiger partial charge in [-0.15, -0.1) is 0 Å². The molecule has 0 aliphatic rings. The number of hydrogen-bond acceptors (Lipinski definition) is 4. The molecule has 0 aliphatic carbocycles. The zero-order valence-corrected chi connectivity index (χ0v) is 15.2. The minimum Gasteiger partial charge on any atom is -0.483 e. The van der Waals surface area contributed by atoms with E-state index in [1.165, 1.54) is 6.40 Å². The Bertz CT molecular complexity index is 923. The second kappa shape index (κ2) is 7.82. The lowest BCUT2D eigenvalue weighted by molar-refractivity contribution is 0.343. The van der Waals surface area contributed by atoms with Gasteiger partial charge in [-0.25, -0.2) is 0 Å². The van der Waals surface area contributed by atoms with Gasteiger partial charge in [0.05, 0.1) is 6.61 Å². The zero-order chi connectivity index (χ0) is 17.6. The van der Waals surface area contributed by atoms with Gasteiger partial charge in [0, 0.05) is 15.6 Å². The van der Waals surface area contributed by atoms with Crippen LogP contribution in [0, 0.1) is 11.3 Å². The van der Waals surface area contributed by atoms with E-state index in [4.69, 9.17) is 9.15 Å². The summed E-state index contributed by atoms with van der Waals surface area (Å²) in [6.07, 6.45) is 1.31. The van der Waals surface area contributed by atoms with Crippen LogP contribution in [-0.4, -0.2) is 13.0 Å². The molecule has 124 valence electrons. The second-order valence-electron chi connectivity index (χ2n) is 5.16. The molecule has 1 aromatic heterocycles. The first-order valence-electron chi connectivity index (χ1n) is 7.77. The van der Waals surface area contributed by atoms with Gasteiger partial charge in [0.2, 0.25) is 5.88 Å². The van der Waals surface area contributed by atoms with E-state index in [1.807, 2.05) is 61.5 Å². The molecule has 4 nitrogen and oxygen atoms in total. The Morgan fingerprint density at radius 2 is 1.84 bits per heavy atom. The van der Waals surface area contributed by atoms with Crippen molar-refractivity contribution in [3.63, 3.8) is 0 Å². The molecular weight excluding hydrogens is 380 g/mol. The fraction of sp³-hybridized carbons (Fsp3) is 0.100. The van der Waals surface area contributed by atoms with Crippen LogP contribution >= 0.6 is 15.9 Å². The van der Waals surface area contributed by atoms with Crippen LogP contribution in [0.1, 0.15) is 12.5 Å². The minimum atomic E-state index is 0.243. The molecule has 3 aromatic rings. The summed E-state index contributed by atoms with van der Waals surface area (Å²) < 4.78 is 12.1. The first-order chi connectivity index (χ1) is 12.2. The van der Waals surface area contributed by atoms with Gasteiger partial charge in [0.1, 0.15) is 17.4 Å². The SMILES string of the molecule is CCO/C=N/c1oc(-c2ccc(Br)cc2)c(-c2ccccc2)c1C#N. The molecule has 0 saturated carbocycles. The molecule has 0 unspecified atom stereocenters. The van der Waals surface area contributed by atoms with E-state index in [0.717, 1.165) is 21.2 Å². The van der Waals surface area contributed by atoms with E-state index in [2.05, 4.69) is 27.0 Å². The third kappa shape index (κ3) is 3.65. The molecule has 25 heavy (non-hydrogen) atoms. The highest BCUT2D eigenvalue weighted by atomic mass is 79.9. The van der Waals surface area contributed by atoms with Crippen LogP contribution in [0.3, 0.4) is 0 Å². The smallest absolute Gasteiger partial charge is 0.240 e. The summed E-state index contributed by atoms with van der Waals surface area (Å²) in [5, 5.41) is 9.69. The molecular formula is C20H15BrN2O2. The quantitative estimate of drug-likeness (QED) is 0.397. The van der Waals surface area contributed by atoms with Crippen molar-refractivity contribution in [2.45, 2.75) is 6.92 Å². The number of furan rings is 1. The molecule has 0 atom stereocenters. The summed E-state index contributed by atoms with van der Waals surface area (Å²) >= 11 is 3.43. The van der Waals surface area contributed by atoms with Crippen molar-refractivity contribution in [3.05, 3.63) is 64.6 Å². The van der Waals surface area contributed by atoms with Gasteiger partial charge < -0.3 is 9.15 Å². The molecule has 0 N–H and O–H groups in total. The molecule has 3 rings (SSSR count). The molecule has 0 radical (unpaired) electrons. The Labute approximate surface area is 154 Å². The molecule has 0 saturated heterocycles. The van der Waals surface area contributed by atoms with Gasteiger partial charge in [0.25, 0.3) is 0 Å². The Morgan fingerprint density at radius 1 is 1.12 bits per heavy atom. The van der Waals surface area contributed by atoms with Crippen LogP contribution in [-0.2, 0) is 4.74 Å². The van der Waals surface area contributed by atoms with E-state index in [-0.39, 0.29) is 5.88 Å². The van der Waals surface area contributed by atoms with E-state index in [1.54, 1.807) is 0 Å². The average molecular weight is 395 g/mol. The number of aliphatic imine (C=N–C) groups is 1. The van der Waals surface area contributed by atoms with Crippen LogP contribution in [0.25, 0.3) is 22.5 Å². The van der Waals surface area contributed by atoms with E-state index >= 15 is 0 Å². The molecule has 0 bridgehead atoms. The number of benzene rings is 2. The second-order valence-corrected chi connectivity index (χ2v) is 6.08. The highest BCUT2D eigenvalue weighted by molar-refractivity contribution is 9.10. The van der Waals surface area contributed by atoms with Crippen molar-refractivity contribution < 1.29 is 9.15 Å². The number of ether oxygens (including phenoxy) is 1. The summed E-state index contributed by atoms with van der Waals surface area (Å²) in [4.78, 5) is 4.17. The van der Waals surface area contributed by atoms with Crippen molar-refractivity contribution in [3.8, 4) is 28.5 Å². The zero-order valence-electron chi connectivity index (χ0n) is 13.6. The molecule has 5 heteroatoms. The highest BCUT2D eigenvalue weighted by Gasteiger charge is 2.22. The lowest BCUT2D eigenvalue weighted by atomic mass is 9.98. The lowest BCUT2D eigenvalue weighted by Crippen LogP contribution is -1.85. The summed E-state index contributed by atoms with van der Waals surface area (Å²) in [6.45, 7) is 2.36. The predicted octanol–water partition coefficient (Wildman–Crippen LogP) is 5.94. The largest absolute Gasteiger partial charge is 0.483 e. The molecule has 1 heterocycles. The lowest BCUT2D eigenvalue weighted by Gasteiger charge is -2.03. The summed E-state index contributed by atoms with van der Waals surface area (Å²) in [6, 6.07) is 19.6. The average Bonchev–Trinajstić information content (AvgIpc) is 3.02. The van der Waals surface area contributed by atoms with Crippen LogP contribution in [0.4, 0.5) is 5.88 Å². The minimum absolute atomic E-state index is 0.243. The van der Waals surface area contributed by atoms with Crippen LogP contribution in [0.2, 0.25) is 0 Å². The molecule has 2 aromatic carbocycles. The van der Waals surface area contributed by atoms with Crippen molar-refractivity contribution >= 4 is 28.2 Å². The maximum Gasteiger partial charge on any atom is 0.240 e. The topological polar surface area (TPSA) is 58.5 Å². The molecule has 0 spiro atoms. The van der Waals surface area contributed by atoms with Crippen LogP contribution < -0.4 is 0 Å². The van der Waals surface area contributed by atoms with Crippen LogP contribution in [0.15, 0.2) is 68.5 Å². The summed E-state index contributed by atoms with van der Waals surface area (Å²) in [7, 11) is 0. The van der Waals surface area contributed by atoms with Gasteiger partial charge >= 0.3 is 0 Å². The Balaban J connectivity index is 2.22. The molecule has 0 aliphatic heterocycles. The monoisotopic (exact) mass is 394 g/mol. The third-order valence-electron chi connectivity index (χ3n) is 3.58. The van der Waals surface area contributed by atoms with Gasteiger partial charge in [0.15, 0.2) is 6.40 Å². The molecule has 0 amide bonds. The maximum atomic E-state index is 9.69. The van der Waals surface area contributed by atoms with Crippen LogP contribution in [0.5, 0.6) is 0 Å². The highest BCUT2D eigenvalue weighted by Crippen LogP contribution is 2.42. The standard InChI is InChI=1S/C20H15BrN2O2/c1-2-24-13-23-20-17(12-22)18(14-6-4-3-5-7-14)19(25-20)15-8-10-16(21)11-9-15/h3-11,13H,2H2,1H3/b23-13+. The van der Waals surface area contributed by atoms with E-state index in [0.29, 0.717) is 17.9 Å². The molecule has 0 fully saturated rings. The fourth-order valence-corrected chi connectivity index (χ4v) is 2.72. The Morgan fingerprint density at radius 3 is 2.48 bits per heavy atom. The number of nitrogens with zero attached hydrogens (tertiary/aromatic N) is 2. The first kappa shape index (κ1) is 17.0. The Kier molecular flexibility index (Phi) is 5.32. The Hall–Kier alpha value is -2.84. The fourth-order valence-electron chi connectivity index (χ4n) is 2.46. The van der Waals surface area contributed by atoms with Crippen molar-refractivity contribution in [1.82, 2.24) is 0 Å². The normalized spacial score (nSPS) is 10.8. The van der Waals surface area contributed by atoms with Crippen molar-refractivity contribution in [2.75, 3.05) is 6.61 Å². The van der Waals surface area contributed by atoms with Gasteiger partial charge in [-0.1, -0.05) is 58.4 Å². The van der Waals surface area contributed by atoms with Crippen molar-refractivity contribution in [1.29, 1.82) is 5.26 Å². The van der Waals surface area contributed by atoms with Gasteiger partial charge in [-0.2, -0.15) is 10.3 Å². The van der Waals surface area contributed by atoms with Gasteiger partial charge in [-0.3, -0.25) is 0 Å².